The molecule has 0 aromatic heterocycles. The number of ether oxygens (including phenoxy) is 2. The van der Waals surface area contributed by atoms with Crippen molar-refractivity contribution in [3.05, 3.63) is 82.4 Å². The fraction of sp³-hybridized carbons (Fsp3) is 0.375. The minimum absolute atomic E-state index is 0.261. The summed E-state index contributed by atoms with van der Waals surface area (Å²) < 4.78 is 12.3. The van der Waals surface area contributed by atoms with Crippen LogP contribution in [0, 0.1) is 17.2 Å². The van der Waals surface area contributed by atoms with E-state index in [0.717, 1.165) is 78.8 Å². The molecular formula is C32H32N2O4. The summed E-state index contributed by atoms with van der Waals surface area (Å²) in [5.74, 6) is 1.12. The molecule has 3 aromatic rings. The second-order valence-corrected chi connectivity index (χ2v) is 10.7. The maximum Gasteiger partial charge on any atom is 0.324 e. The van der Waals surface area contributed by atoms with Gasteiger partial charge in [0.05, 0.1) is 12.7 Å². The molecule has 0 unspecified atom stereocenters. The maximum atomic E-state index is 12.2. The molecule has 1 saturated carbocycles. The van der Waals surface area contributed by atoms with E-state index >= 15 is 0 Å². The summed E-state index contributed by atoms with van der Waals surface area (Å²) in [5, 5.41) is 20.0. The summed E-state index contributed by atoms with van der Waals surface area (Å²) in [5.41, 5.74) is 6.20. The van der Waals surface area contributed by atoms with Gasteiger partial charge in [-0.15, -0.1) is 0 Å². The van der Waals surface area contributed by atoms with E-state index in [2.05, 4.69) is 11.0 Å². The SMILES string of the molecule is COc1cc(OCc2cccc(-c3ccccc3)c2C#N)c2c(c1CN1CCC[C@H]3C[C@]31C(=O)O)CCC2. The number of fused-ring (bicyclic) bond motifs is 2. The largest absolute Gasteiger partial charge is 0.496 e. The second kappa shape index (κ2) is 9.81. The average molecular weight is 509 g/mol. The number of carboxylic acids is 1. The number of piperidine rings is 1. The van der Waals surface area contributed by atoms with E-state index in [1.54, 1.807) is 7.11 Å². The van der Waals surface area contributed by atoms with Crippen LogP contribution in [0.4, 0.5) is 0 Å². The highest BCUT2D eigenvalue weighted by Gasteiger charge is 2.65. The Morgan fingerprint density at radius 1 is 1.11 bits per heavy atom. The summed E-state index contributed by atoms with van der Waals surface area (Å²) >= 11 is 0. The van der Waals surface area contributed by atoms with Gasteiger partial charge in [-0.2, -0.15) is 5.26 Å². The molecule has 0 spiro atoms. The monoisotopic (exact) mass is 508 g/mol. The van der Waals surface area contributed by atoms with Gasteiger partial charge in [0, 0.05) is 23.7 Å². The molecule has 6 nitrogen and oxygen atoms in total. The number of nitrogens with zero attached hydrogens (tertiary/aromatic N) is 2. The number of nitriles is 1. The second-order valence-electron chi connectivity index (χ2n) is 10.7. The molecule has 3 aliphatic rings. The van der Waals surface area contributed by atoms with Gasteiger partial charge in [-0.3, -0.25) is 9.69 Å². The van der Waals surface area contributed by atoms with Gasteiger partial charge in [-0.05, 0) is 73.2 Å². The fourth-order valence-electron chi connectivity index (χ4n) is 6.72. The number of benzene rings is 3. The Morgan fingerprint density at radius 2 is 1.92 bits per heavy atom. The number of hydrogen-bond acceptors (Lipinski definition) is 5. The van der Waals surface area contributed by atoms with Gasteiger partial charge in [-0.1, -0.05) is 48.5 Å². The van der Waals surface area contributed by atoms with Crippen molar-refractivity contribution >= 4 is 5.97 Å². The van der Waals surface area contributed by atoms with Gasteiger partial charge < -0.3 is 14.6 Å². The van der Waals surface area contributed by atoms with Crippen molar-refractivity contribution in [3.8, 4) is 28.7 Å². The lowest BCUT2D eigenvalue weighted by molar-refractivity contribution is -0.147. The van der Waals surface area contributed by atoms with Gasteiger partial charge in [0.15, 0.2) is 0 Å². The molecule has 38 heavy (non-hydrogen) atoms. The molecule has 0 amide bonds. The van der Waals surface area contributed by atoms with E-state index in [-0.39, 0.29) is 12.5 Å². The van der Waals surface area contributed by atoms with Crippen LogP contribution in [-0.4, -0.2) is 35.2 Å². The minimum atomic E-state index is -0.707. The van der Waals surface area contributed by atoms with Crippen LogP contribution in [0.25, 0.3) is 11.1 Å². The third-order valence-corrected chi connectivity index (χ3v) is 8.73. The first-order chi connectivity index (χ1) is 18.6. The Balaban J connectivity index is 1.30. The predicted molar refractivity (Wildman–Crippen MR) is 144 cm³/mol. The third-order valence-electron chi connectivity index (χ3n) is 8.73. The van der Waals surface area contributed by atoms with Gasteiger partial charge in [-0.25, -0.2) is 0 Å². The van der Waals surface area contributed by atoms with E-state index in [0.29, 0.717) is 12.1 Å². The minimum Gasteiger partial charge on any atom is -0.496 e. The van der Waals surface area contributed by atoms with Crippen LogP contribution >= 0.6 is 0 Å². The standard InChI is InChI=1S/C32H32N2O4/c1-37-29-16-30(38-20-22-10-5-12-24(27(22)18-33)21-8-3-2-4-9-21)26-14-6-13-25(26)28(29)19-34-15-7-11-23-17-32(23,34)31(35)36/h2-5,8-10,12,16,23H,6-7,11,13-15,17,19-20H2,1H3,(H,35,36)/t23-,32+/m0/s1. The Kier molecular flexibility index (Phi) is 6.33. The summed E-state index contributed by atoms with van der Waals surface area (Å²) in [6.07, 6.45) is 5.67. The van der Waals surface area contributed by atoms with Crippen molar-refractivity contribution < 1.29 is 19.4 Å². The predicted octanol–water partition coefficient (Wildman–Crippen LogP) is 5.74. The van der Waals surface area contributed by atoms with E-state index in [1.807, 2.05) is 54.6 Å². The lowest BCUT2D eigenvalue weighted by atomic mass is 9.96. The molecule has 6 heteroatoms. The van der Waals surface area contributed by atoms with Gasteiger partial charge in [0.1, 0.15) is 29.7 Å². The van der Waals surface area contributed by atoms with Crippen molar-refractivity contribution in [1.29, 1.82) is 5.26 Å². The number of carboxylic acid groups (broad SMARTS) is 1. The fourth-order valence-corrected chi connectivity index (χ4v) is 6.72. The van der Waals surface area contributed by atoms with Gasteiger partial charge >= 0.3 is 5.97 Å². The molecule has 1 saturated heterocycles. The van der Waals surface area contributed by atoms with Crippen LogP contribution in [0.3, 0.4) is 0 Å². The van der Waals surface area contributed by atoms with E-state index < -0.39 is 11.5 Å². The molecule has 6 rings (SSSR count). The molecule has 3 aromatic carbocycles. The van der Waals surface area contributed by atoms with Crippen LogP contribution in [0.5, 0.6) is 11.5 Å². The van der Waals surface area contributed by atoms with Crippen LogP contribution in [0.1, 0.15) is 53.5 Å². The molecule has 1 aliphatic heterocycles. The van der Waals surface area contributed by atoms with Crippen LogP contribution in [-0.2, 0) is 30.8 Å². The summed E-state index contributed by atoms with van der Waals surface area (Å²) in [6, 6.07) is 20.2. The van der Waals surface area contributed by atoms with Crippen LogP contribution in [0.15, 0.2) is 54.6 Å². The first kappa shape index (κ1) is 24.5. The lowest BCUT2D eigenvalue weighted by Crippen LogP contribution is -2.47. The molecule has 0 radical (unpaired) electrons. The Morgan fingerprint density at radius 3 is 2.68 bits per heavy atom. The zero-order chi connectivity index (χ0) is 26.3. The summed E-state index contributed by atoms with van der Waals surface area (Å²) in [4.78, 5) is 14.4. The molecule has 194 valence electrons. The van der Waals surface area contributed by atoms with Crippen molar-refractivity contribution in [2.24, 2.45) is 5.92 Å². The first-order valence-corrected chi connectivity index (χ1v) is 13.5. The van der Waals surface area contributed by atoms with E-state index in [4.69, 9.17) is 9.47 Å². The van der Waals surface area contributed by atoms with Gasteiger partial charge in [0.2, 0.25) is 0 Å². The Hall–Kier alpha value is -3.82. The number of likely N-dealkylation sites (tertiary alicyclic amines) is 1. The third kappa shape index (κ3) is 4.02. The molecule has 1 heterocycles. The highest BCUT2D eigenvalue weighted by molar-refractivity contribution is 5.83. The van der Waals surface area contributed by atoms with Crippen molar-refractivity contribution in [1.82, 2.24) is 4.90 Å². The highest BCUT2D eigenvalue weighted by atomic mass is 16.5. The van der Waals surface area contributed by atoms with Crippen molar-refractivity contribution in [2.45, 2.75) is 57.2 Å². The lowest BCUT2D eigenvalue weighted by Gasteiger charge is -2.34. The van der Waals surface area contributed by atoms with Crippen LogP contribution in [0.2, 0.25) is 0 Å². The smallest absolute Gasteiger partial charge is 0.324 e. The average Bonchev–Trinajstić information content (AvgIpc) is 3.53. The number of rotatable bonds is 8. The quantitative estimate of drug-likeness (QED) is 0.418. The first-order valence-electron chi connectivity index (χ1n) is 13.5. The van der Waals surface area contributed by atoms with Crippen molar-refractivity contribution in [2.75, 3.05) is 13.7 Å². The molecule has 2 fully saturated rings. The molecule has 0 bridgehead atoms. The van der Waals surface area contributed by atoms with Crippen LogP contribution < -0.4 is 9.47 Å². The zero-order valence-electron chi connectivity index (χ0n) is 21.7. The number of carbonyl (C=O) groups is 1. The Labute approximate surface area is 223 Å². The number of hydrogen-bond donors (Lipinski definition) is 1. The van der Waals surface area contributed by atoms with E-state index in [1.165, 1.54) is 11.1 Å². The molecule has 1 N–H and O–H groups in total. The van der Waals surface area contributed by atoms with E-state index in [9.17, 15) is 15.2 Å². The summed E-state index contributed by atoms with van der Waals surface area (Å²) in [7, 11) is 1.67. The molecule has 2 aliphatic carbocycles. The topological polar surface area (TPSA) is 82.8 Å². The van der Waals surface area contributed by atoms with Gasteiger partial charge in [0.25, 0.3) is 0 Å². The van der Waals surface area contributed by atoms with Crippen molar-refractivity contribution in [3.63, 3.8) is 0 Å². The number of methoxy groups -OCH3 is 1. The highest BCUT2D eigenvalue weighted by Crippen LogP contribution is 2.55. The number of aliphatic carboxylic acids is 1. The molecule has 2 atom stereocenters. The summed E-state index contributed by atoms with van der Waals surface area (Å²) in [6.45, 7) is 1.67. The zero-order valence-corrected chi connectivity index (χ0v) is 21.7. The Bertz CT molecular complexity index is 1430. The molecular weight excluding hydrogens is 476 g/mol. The normalized spacial score (nSPS) is 21.7. The maximum absolute atomic E-state index is 12.2.